The summed E-state index contributed by atoms with van der Waals surface area (Å²) in [7, 11) is 1.72. The molecular formula is C22H22N6O7S5. The number of esters is 2. The monoisotopic (exact) mass is 642 g/mol. The van der Waals surface area contributed by atoms with Gasteiger partial charge in [0.15, 0.2) is 5.70 Å². The first-order valence-corrected chi connectivity index (χ1v) is 16.8. The maximum absolute atomic E-state index is 13.3. The Kier molecular flexibility index (Phi) is 9.18. The second-order valence-corrected chi connectivity index (χ2v) is 15.0. The summed E-state index contributed by atoms with van der Waals surface area (Å²) in [4.78, 5) is 50.9. The maximum Gasteiger partial charge on any atom is 0.357 e. The number of hydrogen-bond acceptors (Lipinski definition) is 15. The van der Waals surface area contributed by atoms with Gasteiger partial charge in [0.1, 0.15) is 28.6 Å². The van der Waals surface area contributed by atoms with E-state index >= 15 is 0 Å². The highest BCUT2D eigenvalue weighted by atomic mass is 32.2. The lowest BCUT2D eigenvalue weighted by Crippen LogP contribution is -2.61. The third kappa shape index (κ3) is 6.09. The molecule has 0 radical (unpaired) electrons. The standard InChI is InChI=1S/C22H22N6O7S5/c1-11(35-19(31)21-36-7-8-37-21)14-16(29)27-15(18(30)34-9-12-3-5-13(6-4-12)28(32)33)20(40-17(14)27)38-10-39-22-23-24-25-26(22)2/h3-6,11,14,17,21H,7-10H2,1-2H3/t11-,14+,17-/m1/s1. The number of carbonyl (C=O) groups excluding carboxylic acids is 3. The fourth-order valence-electron chi connectivity index (χ4n) is 4.05. The van der Waals surface area contributed by atoms with E-state index in [-0.39, 0.29) is 34.4 Å². The summed E-state index contributed by atoms with van der Waals surface area (Å²) < 4.78 is 13.0. The highest BCUT2D eigenvalue weighted by Gasteiger charge is 2.59. The molecule has 0 saturated carbocycles. The number of carbonyl (C=O) groups is 3. The van der Waals surface area contributed by atoms with Crippen LogP contribution in [-0.2, 0) is 37.5 Å². The Morgan fingerprint density at radius 1 is 1.23 bits per heavy atom. The minimum absolute atomic E-state index is 0.0701. The molecule has 0 unspecified atom stereocenters. The molecule has 1 amide bonds. The molecule has 18 heteroatoms. The van der Waals surface area contributed by atoms with Crippen molar-refractivity contribution in [1.82, 2.24) is 25.1 Å². The highest BCUT2D eigenvalue weighted by molar-refractivity contribution is 8.27. The van der Waals surface area contributed by atoms with Gasteiger partial charge < -0.3 is 9.47 Å². The average Bonchev–Trinajstić information content (AvgIpc) is 3.67. The second kappa shape index (κ2) is 12.6. The zero-order valence-corrected chi connectivity index (χ0v) is 25.1. The summed E-state index contributed by atoms with van der Waals surface area (Å²) in [5.41, 5.74) is 0.636. The number of ether oxygens (including phenoxy) is 2. The van der Waals surface area contributed by atoms with E-state index in [2.05, 4.69) is 15.5 Å². The van der Waals surface area contributed by atoms with Crippen LogP contribution >= 0.6 is 58.8 Å². The Bertz CT molecular complexity index is 1350. The highest BCUT2D eigenvalue weighted by Crippen LogP contribution is 2.55. The number of β-lactam (4-membered cyclic amide) rings is 1. The molecule has 2 aromatic rings. The van der Waals surface area contributed by atoms with Crippen molar-refractivity contribution in [2.75, 3.05) is 16.6 Å². The number of aromatic nitrogens is 4. The van der Waals surface area contributed by atoms with Gasteiger partial charge in [0.05, 0.1) is 14.2 Å². The molecule has 0 N–H and O–H groups in total. The van der Waals surface area contributed by atoms with Crippen molar-refractivity contribution >= 4 is 82.3 Å². The minimum Gasteiger partial charge on any atom is -0.460 e. The number of nitrogens with zero attached hydrogens (tertiary/aromatic N) is 6. The van der Waals surface area contributed by atoms with Crippen LogP contribution in [0.15, 0.2) is 39.4 Å². The van der Waals surface area contributed by atoms with Gasteiger partial charge in [0.2, 0.25) is 11.1 Å². The average molecular weight is 643 g/mol. The third-order valence-electron chi connectivity index (χ3n) is 6.04. The molecule has 0 aliphatic carbocycles. The summed E-state index contributed by atoms with van der Waals surface area (Å²) in [6.07, 6.45) is -0.656. The van der Waals surface area contributed by atoms with E-state index in [1.54, 1.807) is 14.0 Å². The number of nitro benzene ring substituents is 1. The molecule has 13 nitrogen and oxygen atoms in total. The van der Waals surface area contributed by atoms with Crippen molar-refractivity contribution < 1.29 is 28.8 Å². The van der Waals surface area contributed by atoms with Crippen LogP contribution in [0.25, 0.3) is 0 Å². The third-order valence-corrected chi connectivity index (χ3v) is 12.8. The smallest absolute Gasteiger partial charge is 0.357 e. The Labute approximate surface area is 249 Å². The van der Waals surface area contributed by atoms with Gasteiger partial charge in [-0.2, -0.15) is 0 Å². The van der Waals surface area contributed by atoms with Gasteiger partial charge in [-0.3, -0.25) is 19.8 Å². The Morgan fingerprint density at radius 2 is 1.95 bits per heavy atom. The van der Waals surface area contributed by atoms with Crippen LogP contribution in [0.5, 0.6) is 0 Å². The predicted octanol–water partition coefficient (Wildman–Crippen LogP) is 3.08. The molecule has 2 saturated heterocycles. The van der Waals surface area contributed by atoms with Gasteiger partial charge >= 0.3 is 11.9 Å². The van der Waals surface area contributed by atoms with Crippen LogP contribution in [0.1, 0.15) is 12.5 Å². The first-order valence-electron chi connectivity index (χ1n) is 11.8. The van der Waals surface area contributed by atoms with Crippen molar-refractivity contribution in [3.05, 3.63) is 49.9 Å². The fraction of sp³-hybridized carbons (Fsp3) is 0.455. The lowest BCUT2D eigenvalue weighted by Gasteiger charge is -2.44. The number of rotatable bonds is 11. The number of nitro groups is 1. The Balaban J connectivity index is 1.27. The molecule has 5 rings (SSSR count). The van der Waals surface area contributed by atoms with E-state index in [4.69, 9.17) is 9.47 Å². The van der Waals surface area contributed by atoms with Gasteiger partial charge in [-0.1, -0.05) is 23.5 Å². The van der Waals surface area contributed by atoms with E-state index in [9.17, 15) is 24.5 Å². The normalized spacial score (nSPS) is 21.2. The molecule has 1 aromatic carbocycles. The summed E-state index contributed by atoms with van der Waals surface area (Å²) in [5.74, 6) is -0.175. The van der Waals surface area contributed by atoms with E-state index in [0.29, 0.717) is 20.0 Å². The number of non-ortho nitro benzene ring substituents is 1. The molecule has 0 spiro atoms. The van der Waals surface area contributed by atoms with Gasteiger partial charge in [-0.15, -0.1) is 40.4 Å². The van der Waals surface area contributed by atoms with E-state index in [1.807, 2.05) is 0 Å². The van der Waals surface area contributed by atoms with Crippen molar-refractivity contribution in [2.45, 2.75) is 34.7 Å². The minimum atomic E-state index is -0.684. The molecular weight excluding hydrogens is 621 g/mol. The van der Waals surface area contributed by atoms with Crippen LogP contribution in [0, 0.1) is 16.0 Å². The van der Waals surface area contributed by atoms with Crippen molar-refractivity contribution in [1.29, 1.82) is 0 Å². The summed E-state index contributed by atoms with van der Waals surface area (Å²) >= 11 is 7.17. The summed E-state index contributed by atoms with van der Waals surface area (Å²) in [5, 5.41) is 22.9. The molecule has 4 heterocycles. The van der Waals surface area contributed by atoms with Gasteiger partial charge in [0, 0.05) is 30.7 Å². The molecule has 2 fully saturated rings. The molecule has 1 aromatic heterocycles. The number of fused-ring (bicyclic) bond motifs is 1. The summed E-state index contributed by atoms with van der Waals surface area (Å²) in [6.45, 7) is 1.58. The van der Waals surface area contributed by atoms with Crippen LogP contribution in [-0.4, -0.2) is 80.5 Å². The van der Waals surface area contributed by atoms with Gasteiger partial charge in [-0.25, -0.2) is 14.3 Å². The van der Waals surface area contributed by atoms with Crippen LogP contribution in [0.4, 0.5) is 5.69 Å². The molecule has 3 atom stereocenters. The van der Waals surface area contributed by atoms with Gasteiger partial charge in [0.25, 0.3) is 5.69 Å². The SMILES string of the molecule is C[C@@H](OC(=O)C1SCCS1)[C@H]1C(=O)N2C(C(=O)OCc3ccc([N+](=O)[O-])cc3)=C(SCSc3nnnn3C)S[C@H]12. The van der Waals surface area contributed by atoms with Crippen molar-refractivity contribution in [3.8, 4) is 0 Å². The Morgan fingerprint density at radius 3 is 2.60 bits per heavy atom. The first kappa shape index (κ1) is 29.1. The number of amides is 1. The molecule has 3 aliphatic heterocycles. The van der Waals surface area contributed by atoms with E-state index < -0.39 is 28.3 Å². The predicted molar refractivity (Wildman–Crippen MR) is 153 cm³/mol. The first-order chi connectivity index (χ1) is 19.2. The molecule has 40 heavy (non-hydrogen) atoms. The maximum atomic E-state index is 13.3. The number of hydrogen-bond donors (Lipinski definition) is 0. The van der Waals surface area contributed by atoms with Crippen molar-refractivity contribution in [2.24, 2.45) is 13.0 Å². The zero-order valence-electron chi connectivity index (χ0n) is 21.0. The Hall–Kier alpha value is -2.41. The van der Waals surface area contributed by atoms with Crippen LogP contribution in [0.2, 0.25) is 0 Å². The lowest BCUT2D eigenvalue weighted by atomic mass is 9.92. The molecule has 3 aliphatic rings. The van der Waals surface area contributed by atoms with E-state index in [0.717, 1.165) is 11.5 Å². The molecule has 212 valence electrons. The van der Waals surface area contributed by atoms with Crippen LogP contribution < -0.4 is 0 Å². The quantitative estimate of drug-likeness (QED) is 0.0878. The number of tetrazole rings is 1. The number of benzene rings is 1. The fourth-order valence-corrected chi connectivity index (χ4v) is 10.6. The van der Waals surface area contributed by atoms with Gasteiger partial charge in [-0.05, 0) is 35.0 Å². The largest absolute Gasteiger partial charge is 0.460 e. The molecule has 0 bridgehead atoms. The summed E-state index contributed by atoms with van der Waals surface area (Å²) in [6, 6.07) is 5.68. The number of aryl methyl sites for hydroxylation is 1. The lowest BCUT2D eigenvalue weighted by molar-refractivity contribution is -0.384. The second-order valence-electron chi connectivity index (χ2n) is 8.59. The van der Waals surface area contributed by atoms with E-state index in [1.165, 1.54) is 92.7 Å². The zero-order chi connectivity index (χ0) is 28.4. The van der Waals surface area contributed by atoms with Crippen molar-refractivity contribution in [3.63, 3.8) is 0 Å². The topological polar surface area (TPSA) is 160 Å². The van der Waals surface area contributed by atoms with Crippen LogP contribution in [0.3, 0.4) is 0 Å². The number of thioether (sulfide) groups is 5.